The standard InChI is InChI=1S/C17H19FN4O2/c18-12-4-1-2-5-14(12)21-9-3-6-15(17(21)24)22-10-13(19-20-22)16(23)11-7-8-11/h1-2,4-5,10-11,15-16,23H,3,6-9H2. The van der Waals surface area contributed by atoms with Gasteiger partial charge in [-0.2, -0.15) is 0 Å². The molecule has 0 bridgehead atoms. The molecule has 24 heavy (non-hydrogen) atoms. The fourth-order valence-corrected chi connectivity index (χ4v) is 3.24. The van der Waals surface area contributed by atoms with E-state index in [0.29, 0.717) is 24.3 Å². The lowest BCUT2D eigenvalue weighted by molar-refractivity contribution is -0.123. The molecule has 2 heterocycles. The van der Waals surface area contributed by atoms with E-state index in [2.05, 4.69) is 10.3 Å². The van der Waals surface area contributed by atoms with Gasteiger partial charge in [-0.1, -0.05) is 17.3 Å². The summed E-state index contributed by atoms with van der Waals surface area (Å²) in [5.41, 5.74) is 0.805. The minimum absolute atomic E-state index is 0.191. The molecule has 2 fully saturated rings. The first-order valence-electron chi connectivity index (χ1n) is 8.31. The van der Waals surface area contributed by atoms with Crippen molar-refractivity contribution in [1.29, 1.82) is 0 Å². The number of amides is 1. The third-order valence-corrected chi connectivity index (χ3v) is 4.77. The minimum atomic E-state index is -0.611. The number of carbonyl (C=O) groups excluding carboxylic acids is 1. The van der Waals surface area contributed by atoms with Crippen LogP contribution in [0.3, 0.4) is 0 Å². The normalized spacial score (nSPS) is 22.7. The summed E-state index contributed by atoms with van der Waals surface area (Å²) in [6.07, 6.45) is 4.42. The maximum atomic E-state index is 14.0. The smallest absolute Gasteiger partial charge is 0.251 e. The van der Waals surface area contributed by atoms with Gasteiger partial charge in [0.2, 0.25) is 0 Å². The molecular formula is C17H19FN4O2. The van der Waals surface area contributed by atoms with E-state index in [0.717, 1.165) is 19.3 Å². The summed E-state index contributed by atoms with van der Waals surface area (Å²) in [5.74, 6) is -0.342. The second kappa shape index (κ2) is 5.98. The molecule has 1 aromatic heterocycles. The summed E-state index contributed by atoms with van der Waals surface area (Å²) in [4.78, 5) is 14.3. The van der Waals surface area contributed by atoms with Crippen molar-refractivity contribution in [2.75, 3.05) is 11.4 Å². The third kappa shape index (κ3) is 2.69. The zero-order chi connectivity index (χ0) is 16.7. The molecule has 126 valence electrons. The Morgan fingerprint density at radius 2 is 2.04 bits per heavy atom. The van der Waals surface area contributed by atoms with Crippen LogP contribution in [-0.4, -0.2) is 32.6 Å². The predicted molar refractivity (Wildman–Crippen MR) is 84.7 cm³/mol. The Balaban J connectivity index is 1.57. The summed E-state index contributed by atoms with van der Waals surface area (Å²) in [6.45, 7) is 0.489. The van der Waals surface area contributed by atoms with Gasteiger partial charge in [0.15, 0.2) is 0 Å². The highest BCUT2D eigenvalue weighted by Gasteiger charge is 2.35. The lowest BCUT2D eigenvalue weighted by Crippen LogP contribution is -2.43. The van der Waals surface area contributed by atoms with E-state index in [9.17, 15) is 14.3 Å². The number of rotatable bonds is 4. The summed E-state index contributed by atoms with van der Waals surface area (Å²) in [7, 11) is 0. The number of piperidine rings is 1. The zero-order valence-electron chi connectivity index (χ0n) is 13.2. The van der Waals surface area contributed by atoms with Crippen LogP contribution < -0.4 is 4.90 Å². The monoisotopic (exact) mass is 330 g/mol. The molecule has 1 N–H and O–H groups in total. The van der Waals surface area contributed by atoms with Crippen molar-refractivity contribution in [3.63, 3.8) is 0 Å². The fraction of sp³-hybridized carbons (Fsp3) is 0.471. The van der Waals surface area contributed by atoms with E-state index in [1.165, 1.54) is 15.6 Å². The Hall–Kier alpha value is -2.28. The molecule has 0 spiro atoms. The van der Waals surface area contributed by atoms with E-state index in [4.69, 9.17) is 0 Å². The highest BCUT2D eigenvalue weighted by atomic mass is 19.1. The molecule has 4 rings (SSSR count). The quantitative estimate of drug-likeness (QED) is 0.933. The van der Waals surface area contributed by atoms with Crippen LogP contribution in [0.15, 0.2) is 30.5 Å². The van der Waals surface area contributed by atoms with E-state index in [1.807, 2.05) is 0 Å². The van der Waals surface area contributed by atoms with Gasteiger partial charge >= 0.3 is 0 Å². The largest absolute Gasteiger partial charge is 0.386 e. The molecule has 1 aliphatic heterocycles. The Bertz CT molecular complexity index is 759. The summed E-state index contributed by atoms with van der Waals surface area (Å²) >= 11 is 0. The number of benzene rings is 1. The number of para-hydroxylation sites is 1. The Kier molecular flexibility index (Phi) is 3.80. The molecule has 1 aromatic carbocycles. The topological polar surface area (TPSA) is 71.2 Å². The van der Waals surface area contributed by atoms with E-state index in [1.54, 1.807) is 24.4 Å². The molecule has 1 saturated heterocycles. The maximum Gasteiger partial charge on any atom is 0.251 e. The van der Waals surface area contributed by atoms with Crippen molar-refractivity contribution in [3.8, 4) is 0 Å². The van der Waals surface area contributed by atoms with Crippen molar-refractivity contribution < 1.29 is 14.3 Å². The molecule has 2 atom stereocenters. The number of halogens is 1. The van der Waals surface area contributed by atoms with Gasteiger partial charge in [-0.3, -0.25) is 4.79 Å². The summed E-state index contributed by atoms with van der Waals surface area (Å²) in [6, 6.07) is 5.78. The Labute approximate surface area is 138 Å². The van der Waals surface area contributed by atoms with Crippen LogP contribution in [0.4, 0.5) is 10.1 Å². The van der Waals surface area contributed by atoms with Crippen molar-refractivity contribution in [1.82, 2.24) is 15.0 Å². The molecular weight excluding hydrogens is 311 g/mol. The first-order chi connectivity index (χ1) is 11.6. The number of aliphatic hydroxyl groups is 1. The van der Waals surface area contributed by atoms with Crippen molar-refractivity contribution in [2.24, 2.45) is 5.92 Å². The molecule has 2 unspecified atom stereocenters. The number of anilines is 1. The zero-order valence-corrected chi connectivity index (χ0v) is 13.2. The summed E-state index contributed by atoms with van der Waals surface area (Å²) in [5, 5.41) is 18.2. The van der Waals surface area contributed by atoms with Crippen LogP contribution in [-0.2, 0) is 4.79 Å². The number of hydrogen-bond donors (Lipinski definition) is 1. The molecule has 2 aromatic rings. The molecule has 7 heteroatoms. The number of aromatic nitrogens is 3. The SMILES string of the molecule is O=C1C(n2cc(C(O)C3CC3)nn2)CCCN1c1ccccc1F. The number of aliphatic hydroxyl groups excluding tert-OH is 1. The van der Waals surface area contributed by atoms with Gasteiger partial charge in [-0.15, -0.1) is 5.10 Å². The highest BCUT2D eigenvalue weighted by Crippen LogP contribution is 2.40. The molecule has 1 amide bonds. The Morgan fingerprint density at radius 3 is 2.79 bits per heavy atom. The predicted octanol–water partition coefficient (Wildman–Crippen LogP) is 2.23. The Morgan fingerprint density at radius 1 is 1.25 bits per heavy atom. The van der Waals surface area contributed by atoms with Crippen LogP contribution in [0.5, 0.6) is 0 Å². The molecule has 1 saturated carbocycles. The van der Waals surface area contributed by atoms with Crippen LogP contribution in [0, 0.1) is 11.7 Å². The second-order valence-corrected chi connectivity index (χ2v) is 6.50. The van der Waals surface area contributed by atoms with Gasteiger partial charge in [0.25, 0.3) is 5.91 Å². The summed E-state index contributed by atoms with van der Waals surface area (Å²) < 4.78 is 15.5. The second-order valence-electron chi connectivity index (χ2n) is 6.50. The molecule has 0 radical (unpaired) electrons. The van der Waals surface area contributed by atoms with Gasteiger partial charge in [-0.05, 0) is 43.7 Å². The van der Waals surface area contributed by atoms with E-state index >= 15 is 0 Å². The number of hydrogen-bond acceptors (Lipinski definition) is 4. The van der Waals surface area contributed by atoms with Gasteiger partial charge in [0.05, 0.1) is 11.9 Å². The van der Waals surface area contributed by atoms with E-state index < -0.39 is 18.0 Å². The first kappa shape index (κ1) is 15.3. The minimum Gasteiger partial charge on any atom is -0.386 e. The van der Waals surface area contributed by atoms with Crippen LogP contribution >= 0.6 is 0 Å². The number of nitrogens with zero attached hydrogens (tertiary/aromatic N) is 4. The first-order valence-corrected chi connectivity index (χ1v) is 8.31. The van der Waals surface area contributed by atoms with Crippen LogP contribution in [0.2, 0.25) is 0 Å². The van der Waals surface area contributed by atoms with Crippen molar-refractivity contribution in [2.45, 2.75) is 37.8 Å². The lowest BCUT2D eigenvalue weighted by atomic mass is 10.0. The molecule has 1 aliphatic carbocycles. The third-order valence-electron chi connectivity index (χ3n) is 4.77. The highest BCUT2D eigenvalue weighted by molar-refractivity contribution is 5.96. The fourth-order valence-electron chi connectivity index (χ4n) is 3.24. The maximum absolute atomic E-state index is 14.0. The molecule has 6 nitrogen and oxygen atoms in total. The lowest BCUT2D eigenvalue weighted by Gasteiger charge is -2.32. The van der Waals surface area contributed by atoms with Crippen LogP contribution in [0.25, 0.3) is 0 Å². The van der Waals surface area contributed by atoms with E-state index in [-0.39, 0.29) is 11.8 Å². The molecule has 2 aliphatic rings. The van der Waals surface area contributed by atoms with Crippen molar-refractivity contribution >= 4 is 11.6 Å². The number of carbonyl (C=O) groups is 1. The van der Waals surface area contributed by atoms with Gasteiger partial charge in [-0.25, -0.2) is 9.07 Å². The van der Waals surface area contributed by atoms with Crippen molar-refractivity contribution in [3.05, 3.63) is 42.0 Å². The average molecular weight is 330 g/mol. The average Bonchev–Trinajstić information content (AvgIpc) is 3.33. The van der Waals surface area contributed by atoms with Gasteiger partial charge < -0.3 is 10.0 Å². The van der Waals surface area contributed by atoms with Gasteiger partial charge in [0.1, 0.15) is 23.7 Å². The van der Waals surface area contributed by atoms with Crippen LogP contribution in [0.1, 0.15) is 43.5 Å². The van der Waals surface area contributed by atoms with Gasteiger partial charge in [0, 0.05) is 6.54 Å².